The number of ether oxygens (including phenoxy) is 2. The highest BCUT2D eigenvalue weighted by atomic mass is 16.5. The molecule has 0 aromatic heterocycles. The molecule has 0 radical (unpaired) electrons. The van der Waals surface area contributed by atoms with E-state index in [1.165, 1.54) is 4.90 Å². The molecular weight excluding hydrogens is 480 g/mol. The van der Waals surface area contributed by atoms with Crippen LogP contribution in [0.2, 0.25) is 0 Å². The largest absolute Gasteiger partial charge is 0.507 e. The van der Waals surface area contributed by atoms with Gasteiger partial charge in [-0.15, -0.1) is 0 Å². The molecule has 196 valence electrons. The van der Waals surface area contributed by atoms with Crippen LogP contribution in [0, 0.1) is 0 Å². The lowest BCUT2D eigenvalue weighted by atomic mass is 9.93. The van der Waals surface area contributed by atoms with Crippen molar-refractivity contribution < 1.29 is 24.2 Å². The lowest BCUT2D eigenvalue weighted by molar-refractivity contribution is -0.140. The maximum absolute atomic E-state index is 13.4. The van der Waals surface area contributed by atoms with Crippen LogP contribution >= 0.6 is 0 Å². The summed E-state index contributed by atoms with van der Waals surface area (Å²) in [5.74, 6) is 0.0326. The first kappa shape index (κ1) is 25.4. The Hall–Kier alpha value is -4.26. The number of hydrogen-bond donors (Lipinski definition) is 1. The smallest absolute Gasteiger partial charge is 0.295 e. The minimum Gasteiger partial charge on any atom is -0.507 e. The fourth-order valence-corrected chi connectivity index (χ4v) is 5.06. The number of aliphatic hydroxyl groups is 1. The summed E-state index contributed by atoms with van der Waals surface area (Å²) in [6, 6.07) is 19.9. The maximum Gasteiger partial charge on any atom is 0.295 e. The number of hydrogen-bond acceptors (Lipinski definition) is 6. The standard InChI is InChI=1S/C31H32N2O5/c1-4-37-25-14-7-20(8-15-25)19-33-28(21-9-12-24(13-10-21)32(2)3)27(30(35)31(33)36)29(34)23-11-16-26-22(18-23)6-5-17-38-26/h7-16,18,28,34H,4-6,17,19H2,1-3H3/b29-27-. The van der Waals surface area contributed by atoms with Gasteiger partial charge in [-0.25, -0.2) is 0 Å². The highest BCUT2D eigenvalue weighted by Crippen LogP contribution is 2.41. The number of carbonyl (C=O) groups is 2. The van der Waals surface area contributed by atoms with E-state index in [2.05, 4.69) is 0 Å². The molecule has 1 unspecified atom stereocenters. The molecule has 0 aliphatic carbocycles. The summed E-state index contributed by atoms with van der Waals surface area (Å²) in [5.41, 5.74) is 4.18. The summed E-state index contributed by atoms with van der Waals surface area (Å²) in [6.07, 6.45) is 1.72. The quantitative estimate of drug-likeness (QED) is 0.270. The van der Waals surface area contributed by atoms with E-state index in [-0.39, 0.29) is 17.9 Å². The van der Waals surface area contributed by atoms with Crippen molar-refractivity contribution >= 4 is 23.1 Å². The zero-order valence-corrected chi connectivity index (χ0v) is 21.9. The van der Waals surface area contributed by atoms with Gasteiger partial charge >= 0.3 is 0 Å². The highest BCUT2D eigenvalue weighted by molar-refractivity contribution is 6.46. The molecular formula is C31H32N2O5. The van der Waals surface area contributed by atoms with Crippen molar-refractivity contribution in [1.82, 2.24) is 4.90 Å². The number of aliphatic hydroxyl groups excluding tert-OH is 1. The number of carbonyl (C=O) groups excluding carboxylic acids is 2. The third-order valence-electron chi connectivity index (χ3n) is 7.03. The van der Waals surface area contributed by atoms with Crippen LogP contribution in [0.1, 0.15) is 41.6 Å². The van der Waals surface area contributed by atoms with Crippen LogP contribution in [0.15, 0.2) is 72.3 Å². The molecule has 1 saturated heterocycles. The van der Waals surface area contributed by atoms with E-state index in [9.17, 15) is 14.7 Å². The third-order valence-corrected chi connectivity index (χ3v) is 7.03. The van der Waals surface area contributed by atoms with Gasteiger partial charge in [0.05, 0.1) is 24.8 Å². The van der Waals surface area contributed by atoms with Gasteiger partial charge in [-0.2, -0.15) is 0 Å². The Labute approximate surface area is 222 Å². The lowest BCUT2D eigenvalue weighted by Gasteiger charge is -2.26. The van der Waals surface area contributed by atoms with Gasteiger partial charge in [0.15, 0.2) is 0 Å². The Bertz CT molecular complexity index is 1380. The minimum atomic E-state index is -0.731. The van der Waals surface area contributed by atoms with Crippen molar-refractivity contribution in [2.45, 2.75) is 32.4 Å². The summed E-state index contributed by atoms with van der Waals surface area (Å²) in [7, 11) is 3.90. The van der Waals surface area contributed by atoms with Crippen LogP contribution in [0.25, 0.3) is 5.76 Å². The molecule has 0 saturated carbocycles. The zero-order valence-electron chi connectivity index (χ0n) is 21.9. The molecule has 2 aliphatic rings. The predicted octanol–water partition coefficient (Wildman–Crippen LogP) is 5.10. The van der Waals surface area contributed by atoms with Crippen LogP contribution in [0.3, 0.4) is 0 Å². The summed E-state index contributed by atoms with van der Waals surface area (Å²) in [5, 5.41) is 11.5. The number of fused-ring (bicyclic) bond motifs is 1. The van der Waals surface area contributed by atoms with Crippen molar-refractivity contribution in [2.75, 3.05) is 32.2 Å². The molecule has 1 amide bonds. The van der Waals surface area contributed by atoms with E-state index in [1.54, 1.807) is 6.07 Å². The minimum absolute atomic E-state index is 0.0928. The van der Waals surface area contributed by atoms with Gasteiger partial charge in [0.2, 0.25) is 0 Å². The van der Waals surface area contributed by atoms with Gasteiger partial charge in [-0.1, -0.05) is 24.3 Å². The van der Waals surface area contributed by atoms with E-state index < -0.39 is 17.7 Å². The van der Waals surface area contributed by atoms with E-state index in [0.717, 1.165) is 46.7 Å². The second-order valence-electron chi connectivity index (χ2n) is 9.76. The average molecular weight is 513 g/mol. The first-order chi connectivity index (χ1) is 18.4. The lowest BCUT2D eigenvalue weighted by Crippen LogP contribution is -2.29. The van der Waals surface area contributed by atoms with Crippen molar-refractivity contribution in [2.24, 2.45) is 0 Å². The predicted molar refractivity (Wildman–Crippen MR) is 146 cm³/mol. The normalized spacial score (nSPS) is 18.2. The molecule has 7 nitrogen and oxygen atoms in total. The highest BCUT2D eigenvalue weighted by Gasteiger charge is 2.46. The van der Waals surface area contributed by atoms with Crippen LogP contribution in [-0.4, -0.2) is 49.0 Å². The van der Waals surface area contributed by atoms with Crippen LogP contribution in [-0.2, 0) is 22.6 Å². The van der Waals surface area contributed by atoms with E-state index >= 15 is 0 Å². The van der Waals surface area contributed by atoms with Crippen molar-refractivity contribution in [1.29, 1.82) is 0 Å². The van der Waals surface area contributed by atoms with Crippen molar-refractivity contribution in [3.05, 3.63) is 94.6 Å². The van der Waals surface area contributed by atoms with Gasteiger partial charge < -0.3 is 24.4 Å². The fraction of sp³-hybridized carbons (Fsp3) is 0.290. The summed E-state index contributed by atoms with van der Waals surface area (Å²) < 4.78 is 11.2. The Morgan fingerprint density at radius 1 is 1.05 bits per heavy atom. The second-order valence-corrected chi connectivity index (χ2v) is 9.76. The molecule has 3 aromatic carbocycles. The number of aryl methyl sites for hydroxylation is 1. The van der Waals surface area contributed by atoms with Crippen LogP contribution in [0.4, 0.5) is 5.69 Å². The second kappa shape index (κ2) is 10.6. The van der Waals surface area contributed by atoms with Gasteiger partial charge in [0, 0.05) is 31.9 Å². The molecule has 1 fully saturated rings. The summed E-state index contributed by atoms with van der Waals surface area (Å²) >= 11 is 0. The van der Waals surface area contributed by atoms with Crippen LogP contribution in [0.5, 0.6) is 11.5 Å². The van der Waals surface area contributed by atoms with Gasteiger partial charge in [-0.05, 0) is 78.9 Å². The Morgan fingerprint density at radius 2 is 1.79 bits per heavy atom. The van der Waals surface area contributed by atoms with Crippen LogP contribution < -0.4 is 14.4 Å². The molecule has 5 rings (SSSR count). The van der Waals surface area contributed by atoms with Gasteiger partial charge in [-0.3, -0.25) is 9.59 Å². The molecule has 1 atom stereocenters. The number of rotatable bonds is 7. The van der Waals surface area contributed by atoms with Gasteiger partial charge in [0.25, 0.3) is 11.7 Å². The van der Waals surface area contributed by atoms with E-state index in [0.29, 0.717) is 18.8 Å². The molecule has 0 spiro atoms. The molecule has 7 heteroatoms. The molecule has 3 aromatic rings. The number of amides is 1. The number of ketones is 1. The Kier molecular flexibility index (Phi) is 7.09. The van der Waals surface area contributed by atoms with Gasteiger partial charge in [0.1, 0.15) is 17.3 Å². The average Bonchev–Trinajstić information content (AvgIpc) is 3.18. The molecule has 38 heavy (non-hydrogen) atoms. The number of benzene rings is 3. The monoisotopic (exact) mass is 512 g/mol. The topological polar surface area (TPSA) is 79.3 Å². The van der Waals surface area contributed by atoms with Crippen molar-refractivity contribution in [3.8, 4) is 11.5 Å². The number of nitrogens with zero attached hydrogens (tertiary/aromatic N) is 2. The third kappa shape index (κ3) is 4.84. The molecule has 1 N–H and O–H groups in total. The molecule has 2 aliphatic heterocycles. The number of likely N-dealkylation sites (tertiary alicyclic amines) is 1. The maximum atomic E-state index is 13.4. The molecule has 2 heterocycles. The fourth-order valence-electron chi connectivity index (χ4n) is 5.06. The SMILES string of the molecule is CCOc1ccc(CN2C(=O)C(=O)/C(=C(\O)c3ccc4c(c3)CCCO4)C2c2ccc(N(C)C)cc2)cc1. The zero-order chi connectivity index (χ0) is 26.8. The van der Waals surface area contributed by atoms with Crippen molar-refractivity contribution in [3.63, 3.8) is 0 Å². The Morgan fingerprint density at radius 3 is 2.47 bits per heavy atom. The summed E-state index contributed by atoms with van der Waals surface area (Å²) in [6.45, 7) is 3.36. The Balaban J connectivity index is 1.58. The number of Topliss-reactive ketones (excluding diaryl/α,β-unsaturated/α-hetero) is 1. The summed E-state index contributed by atoms with van der Waals surface area (Å²) in [4.78, 5) is 30.4. The van der Waals surface area contributed by atoms with E-state index in [1.807, 2.05) is 86.6 Å². The first-order valence-electron chi connectivity index (χ1n) is 12.9. The van der Waals surface area contributed by atoms with E-state index in [4.69, 9.17) is 9.47 Å². The first-order valence-corrected chi connectivity index (χ1v) is 12.9. The number of anilines is 1. The molecule has 0 bridgehead atoms.